The molecule has 13 nitrogen and oxygen atoms in total. The zero-order valence-corrected chi connectivity index (χ0v) is 31.6. The normalized spacial score (nSPS) is 19.7. The number of hydrogen-bond acceptors (Lipinski definition) is 10. The monoisotopic (exact) mass is 743 g/mol. The third-order valence-corrected chi connectivity index (χ3v) is 11.2. The number of anilines is 4. The van der Waals surface area contributed by atoms with Crippen molar-refractivity contribution in [2.45, 2.75) is 89.1 Å². The molecule has 1 atom stereocenters. The summed E-state index contributed by atoms with van der Waals surface area (Å²) in [6, 6.07) is 13.8. The van der Waals surface area contributed by atoms with Crippen molar-refractivity contribution in [3.63, 3.8) is 0 Å². The summed E-state index contributed by atoms with van der Waals surface area (Å²) in [7, 11) is 0. The van der Waals surface area contributed by atoms with Gasteiger partial charge in [-0.05, 0) is 74.6 Å². The van der Waals surface area contributed by atoms with Crippen LogP contribution >= 0.6 is 0 Å². The van der Waals surface area contributed by atoms with Gasteiger partial charge in [-0.1, -0.05) is 25.7 Å². The lowest BCUT2D eigenvalue weighted by Crippen LogP contribution is -2.48. The molecule has 2 aromatic rings. The maximum atomic E-state index is 12.9. The van der Waals surface area contributed by atoms with Crippen molar-refractivity contribution in [2.75, 3.05) is 86.0 Å². The van der Waals surface area contributed by atoms with Gasteiger partial charge in [0, 0.05) is 119 Å². The van der Waals surface area contributed by atoms with E-state index in [0.717, 1.165) is 120 Å². The number of hydrogen-bond donors (Lipinski definition) is 3. The Labute approximate surface area is 319 Å². The van der Waals surface area contributed by atoms with Gasteiger partial charge in [0.15, 0.2) is 6.29 Å². The number of nitrogens with zero attached hydrogens (tertiary/aromatic N) is 4. The van der Waals surface area contributed by atoms with Crippen LogP contribution in [-0.4, -0.2) is 117 Å². The Balaban J connectivity index is 0.794. The van der Waals surface area contributed by atoms with E-state index in [0.29, 0.717) is 63.5 Å². The van der Waals surface area contributed by atoms with Crippen molar-refractivity contribution in [2.24, 2.45) is 0 Å². The molecule has 1 unspecified atom stereocenters. The fourth-order valence-electron chi connectivity index (χ4n) is 7.84. The van der Waals surface area contributed by atoms with E-state index < -0.39 is 6.04 Å². The van der Waals surface area contributed by atoms with Gasteiger partial charge in [-0.3, -0.25) is 29.3 Å². The van der Waals surface area contributed by atoms with Crippen molar-refractivity contribution in [1.29, 1.82) is 0 Å². The van der Waals surface area contributed by atoms with Crippen molar-refractivity contribution >= 4 is 52.7 Å². The molecule has 292 valence electrons. The van der Waals surface area contributed by atoms with Gasteiger partial charge in [0.2, 0.25) is 23.6 Å². The minimum absolute atomic E-state index is 0.222. The summed E-state index contributed by atoms with van der Waals surface area (Å²) >= 11 is 0. The van der Waals surface area contributed by atoms with Crippen LogP contribution in [0.4, 0.5) is 22.7 Å². The highest BCUT2D eigenvalue weighted by Crippen LogP contribution is 2.27. The topological polar surface area (TPSA) is 144 Å². The van der Waals surface area contributed by atoms with E-state index in [1.165, 1.54) is 0 Å². The van der Waals surface area contributed by atoms with Gasteiger partial charge in [-0.15, -0.1) is 0 Å². The molecule has 4 amide bonds. The highest BCUT2D eigenvalue weighted by molar-refractivity contribution is 6.01. The molecule has 4 aliphatic heterocycles. The Morgan fingerprint density at radius 3 is 1.83 bits per heavy atom. The number of carbonyl (C=O) groups excluding carboxylic acids is 5. The molecule has 0 radical (unpaired) electrons. The number of carbonyl (C=O) groups is 5. The van der Waals surface area contributed by atoms with E-state index in [1.54, 1.807) is 0 Å². The minimum Gasteiger partial charge on any atom is -0.381 e. The first-order chi connectivity index (χ1) is 26.4. The second-order valence-corrected chi connectivity index (χ2v) is 15.0. The lowest BCUT2D eigenvalue weighted by Gasteiger charge is -2.36. The summed E-state index contributed by atoms with van der Waals surface area (Å²) < 4.78 is 5.47. The van der Waals surface area contributed by atoms with Gasteiger partial charge in [-0.2, -0.15) is 0 Å². The number of imide groups is 1. The average Bonchev–Trinajstić information content (AvgIpc) is 3.20. The number of piperidine rings is 1. The van der Waals surface area contributed by atoms with E-state index in [2.05, 4.69) is 31.8 Å². The molecule has 4 heterocycles. The molecule has 0 bridgehead atoms. The van der Waals surface area contributed by atoms with Crippen LogP contribution in [0.25, 0.3) is 0 Å². The first-order valence-corrected chi connectivity index (χ1v) is 20.1. The average molecular weight is 744 g/mol. The summed E-state index contributed by atoms with van der Waals surface area (Å²) in [4.78, 5) is 69.5. The number of rotatable bonds is 16. The van der Waals surface area contributed by atoms with E-state index >= 15 is 0 Å². The van der Waals surface area contributed by atoms with Crippen LogP contribution in [0.3, 0.4) is 0 Å². The maximum Gasteiger partial charge on any atom is 0.249 e. The lowest BCUT2D eigenvalue weighted by atomic mass is 10.1. The van der Waals surface area contributed by atoms with Crippen molar-refractivity contribution in [3.8, 4) is 0 Å². The summed E-state index contributed by atoms with van der Waals surface area (Å²) in [6.45, 7) is 7.43. The van der Waals surface area contributed by atoms with Gasteiger partial charge < -0.3 is 35.0 Å². The number of piperazine rings is 2. The molecule has 54 heavy (non-hydrogen) atoms. The Morgan fingerprint density at radius 1 is 0.704 bits per heavy atom. The number of amides is 4. The maximum absolute atomic E-state index is 12.9. The minimum atomic E-state index is -0.403. The van der Waals surface area contributed by atoms with Crippen LogP contribution in [0, 0.1) is 0 Å². The van der Waals surface area contributed by atoms with Crippen LogP contribution in [0.2, 0.25) is 0 Å². The third kappa shape index (κ3) is 11.0. The van der Waals surface area contributed by atoms with Gasteiger partial charge in [0.1, 0.15) is 6.04 Å². The van der Waals surface area contributed by atoms with Gasteiger partial charge in [-0.25, -0.2) is 0 Å². The second-order valence-electron chi connectivity index (χ2n) is 15.0. The molecule has 0 spiro atoms. The van der Waals surface area contributed by atoms with Crippen molar-refractivity contribution in [1.82, 2.24) is 15.1 Å². The van der Waals surface area contributed by atoms with Gasteiger partial charge in [0.05, 0.1) is 0 Å². The predicted molar refractivity (Wildman–Crippen MR) is 210 cm³/mol. The first kappa shape index (κ1) is 39.1. The standard InChI is InChI=1S/C41H57N7O6/c49-30-31-9-12-35(29-37(31)43-33-17-27-54-28-18-33)46-21-25-48(26-22-46)40(52)8-6-4-2-1-3-5-7-39(51)47-23-19-45(20-24-47)34-13-10-32(11-14-34)42-36-15-16-38(50)44-41(36)53/h9-14,29-30,33,36,42-43H,1-8,15-28H2,(H,44,50,53). The second kappa shape index (κ2) is 19.6. The Kier molecular flexibility index (Phi) is 14.2. The molecule has 2 aromatic carbocycles. The molecule has 4 fully saturated rings. The smallest absolute Gasteiger partial charge is 0.249 e. The fourth-order valence-corrected chi connectivity index (χ4v) is 7.84. The molecule has 6 rings (SSSR count). The highest BCUT2D eigenvalue weighted by atomic mass is 16.5. The first-order valence-electron chi connectivity index (χ1n) is 20.1. The zero-order valence-electron chi connectivity index (χ0n) is 31.6. The van der Waals surface area contributed by atoms with Gasteiger partial charge >= 0.3 is 0 Å². The summed E-state index contributed by atoms with van der Waals surface area (Å²) in [5, 5.41) is 9.14. The molecule has 0 aliphatic carbocycles. The Bertz CT molecular complexity index is 1580. The number of nitrogens with one attached hydrogen (secondary N) is 3. The Morgan fingerprint density at radius 2 is 1.26 bits per heavy atom. The van der Waals surface area contributed by atoms with E-state index in [9.17, 15) is 24.0 Å². The third-order valence-electron chi connectivity index (χ3n) is 11.2. The lowest BCUT2D eigenvalue weighted by molar-refractivity contribution is -0.134. The van der Waals surface area contributed by atoms with Crippen LogP contribution in [0.15, 0.2) is 42.5 Å². The summed E-state index contributed by atoms with van der Waals surface area (Å²) in [5.74, 6) is -0.0379. The SMILES string of the molecule is O=Cc1ccc(N2CCN(C(=O)CCCCCCCCC(=O)N3CCN(c4ccc(NC5CCC(=O)NC5=O)cc4)CC3)CC2)cc1NC1CCOCC1. The van der Waals surface area contributed by atoms with Crippen LogP contribution in [-0.2, 0) is 23.9 Å². The number of aldehydes is 1. The molecule has 4 saturated heterocycles. The highest BCUT2D eigenvalue weighted by Gasteiger charge is 2.27. The molecular weight excluding hydrogens is 686 g/mol. The molecule has 0 saturated carbocycles. The number of ether oxygens (including phenoxy) is 1. The molecular formula is C41H57N7O6. The van der Waals surface area contributed by atoms with Crippen LogP contribution in [0.1, 0.15) is 87.4 Å². The largest absolute Gasteiger partial charge is 0.381 e. The van der Waals surface area contributed by atoms with Crippen LogP contribution < -0.4 is 25.8 Å². The molecule has 3 N–H and O–H groups in total. The predicted octanol–water partition coefficient (Wildman–Crippen LogP) is 4.43. The molecule has 4 aliphatic rings. The van der Waals surface area contributed by atoms with Crippen LogP contribution in [0.5, 0.6) is 0 Å². The quantitative estimate of drug-likeness (QED) is 0.129. The van der Waals surface area contributed by atoms with E-state index in [4.69, 9.17) is 4.74 Å². The zero-order chi connectivity index (χ0) is 37.7. The van der Waals surface area contributed by atoms with Gasteiger partial charge in [0.25, 0.3) is 0 Å². The van der Waals surface area contributed by atoms with E-state index in [-0.39, 0.29) is 23.6 Å². The van der Waals surface area contributed by atoms with Crippen molar-refractivity contribution in [3.05, 3.63) is 48.0 Å². The summed E-state index contributed by atoms with van der Waals surface area (Å²) in [5.41, 5.74) is 4.55. The number of benzene rings is 2. The Hall–Kier alpha value is -4.65. The number of unbranched alkanes of at least 4 members (excludes halogenated alkanes) is 5. The summed E-state index contributed by atoms with van der Waals surface area (Å²) in [6.07, 6.45) is 10.8. The molecule has 0 aromatic heterocycles. The fraction of sp³-hybridized carbons (Fsp3) is 0.585. The molecule has 13 heteroatoms. The van der Waals surface area contributed by atoms with Crippen molar-refractivity contribution < 1.29 is 28.7 Å². The van der Waals surface area contributed by atoms with E-state index in [1.807, 2.05) is 46.2 Å².